The molecular weight excluding hydrogens is 540 g/mol. The van der Waals surface area contributed by atoms with Gasteiger partial charge >= 0.3 is 6.03 Å². The smallest absolute Gasteiger partial charge is 0.317 e. The van der Waals surface area contributed by atoms with Crippen LogP contribution in [0.5, 0.6) is 11.5 Å². The number of urea groups is 1. The number of nitrogens with one attached hydrogen (secondary N) is 1. The van der Waals surface area contributed by atoms with E-state index in [0.29, 0.717) is 66.8 Å². The largest absolute Gasteiger partial charge is 0.493 e. The van der Waals surface area contributed by atoms with E-state index in [2.05, 4.69) is 27.1 Å². The summed E-state index contributed by atoms with van der Waals surface area (Å²) in [4.78, 5) is 39.9. The molecule has 3 amide bonds. The number of methoxy groups -OCH3 is 2. The van der Waals surface area contributed by atoms with Crippen LogP contribution in [-0.2, 0) is 11.2 Å². The third-order valence-corrected chi connectivity index (χ3v) is 7.64. The highest BCUT2D eigenvalue weighted by Crippen LogP contribution is 2.28. The van der Waals surface area contributed by atoms with Gasteiger partial charge in [-0.2, -0.15) is 0 Å². The van der Waals surface area contributed by atoms with Crippen LogP contribution >= 0.6 is 23.4 Å². The Bertz CT molecular complexity index is 1120. The molecule has 0 aliphatic carbocycles. The average molecular weight is 579 g/mol. The number of halogens is 1. The Morgan fingerprint density at radius 2 is 1.95 bits per heavy atom. The van der Waals surface area contributed by atoms with Gasteiger partial charge in [-0.1, -0.05) is 42.8 Å². The highest BCUT2D eigenvalue weighted by molar-refractivity contribution is 7.99. The Labute approximate surface area is 240 Å². The van der Waals surface area contributed by atoms with Gasteiger partial charge in [-0.05, 0) is 37.5 Å². The molecule has 0 spiro atoms. The molecule has 1 aromatic carbocycles. The molecular formula is C27H39ClN6O4S. The van der Waals surface area contributed by atoms with Crippen molar-refractivity contribution in [3.8, 4) is 11.5 Å². The summed E-state index contributed by atoms with van der Waals surface area (Å²) in [6.07, 6.45) is 2.70. The number of hydrogen-bond donors (Lipinski definition) is 1. The van der Waals surface area contributed by atoms with Crippen molar-refractivity contribution in [2.45, 2.75) is 44.3 Å². The molecule has 12 heteroatoms. The van der Waals surface area contributed by atoms with E-state index < -0.39 is 0 Å². The summed E-state index contributed by atoms with van der Waals surface area (Å²) >= 11 is 7.58. The zero-order valence-corrected chi connectivity index (χ0v) is 25.0. The first-order valence-corrected chi connectivity index (χ1v) is 14.5. The number of likely N-dealkylation sites (N-methyl/N-ethyl adjacent to an activating group) is 1. The van der Waals surface area contributed by atoms with Crippen molar-refractivity contribution in [1.82, 2.24) is 25.1 Å². The highest BCUT2D eigenvalue weighted by atomic mass is 35.5. The molecule has 1 aliphatic heterocycles. The summed E-state index contributed by atoms with van der Waals surface area (Å²) in [5, 5.41) is 3.77. The van der Waals surface area contributed by atoms with Gasteiger partial charge in [0, 0.05) is 51.9 Å². The van der Waals surface area contributed by atoms with Crippen LogP contribution in [0.1, 0.15) is 32.3 Å². The number of aromatic nitrogens is 2. The van der Waals surface area contributed by atoms with E-state index in [0.717, 1.165) is 18.4 Å². The maximum absolute atomic E-state index is 12.8. The van der Waals surface area contributed by atoms with E-state index in [1.165, 1.54) is 11.8 Å². The molecule has 2 heterocycles. The van der Waals surface area contributed by atoms with Gasteiger partial charge in [0.05, 0.1) is 20.0 Å². The predicted octanol–water partition coefficient (Wildman–Crippen LogP) is 3.96. The van der Waals surface area contributed by atoms with Crippen LogP contribution in [0.25, 0.3) is 0 Å². The van der Waals surface area contributed by atoms with E-state index in [1.54, 1.807) is 32.2 Å². The van der Waals surface area contributed by atoms with Gasteiger partial charge in [0.15, 0.2) is 16.7 Å². The molecule has 10 nitrogen and oxygen atoms in total. The second-order valence-corrected chi connectivity index (χ2v) is 10.8. The summed E-state index contributed by atoms with van der Waals surface area (Å²) in [6.45, 7) is 7.24. The molecule has 2 aromatic rings. The standard InChI is InChI=1S/C27H39ClN6O4S/c1-6-7-11-29-27(36)34-14-13-33(17-19(34)2)24-16-23(28)30-26(31-24)39-18-25(35)32(3)12-10-20-8-9-21(37-4)22(15-20)38-5/h8-9,15-16,19H,6-7,10-14,17-18H2,1-5H3,(H,29,36). The van der Waals surface area contributed by atoms with Crippen molar-refractivity contribution >= 4 is 41.1 Å². The number of unbranched alkanes of at least 4 members (excludes halogenated alkanes) is 1. The lowest BCUT2D eigenvalue weighted by Gasteiger charge is -2.40. The number of piperazine rings is 1. The lowest BCUT2D eigenvalue weighted by atomic mass is 10.1. The van der Waals surface area contributed by atoms with Crippen LogP contribution in [0.4, 0.5) is 10.6 Å². The van der Waals surface area contributed by atoms with Crippen molar-refractivity contribution in [3.63, 3.8) is 0 Å². The van der Waals surface area contributed by atoms with Crippen molar-refractivity contribution in [2.75, 3.05) is 64.6 Å². The molecule has 1 atom stereocenters. The first-order valence-electron chi connectivity index (χ1n) is 13.2. The van der Waals surface area contributed by atoms with E-state index in [-0.39, 0.29) is 23.7 Å². The van der Waals surface area contributed by atoms with Gasteiger partial charge in [-0.3, -0.25) is 4.79 Å². The van der Waals surface area contributed by atoms with Crippen LogP contribution in [0, 0.1) is 0 Å². The molecule has 1 unspecified atom stereocenters. The maximum atomic E-state index is 12.8. The summed E-state index contributed by atoms with van der Waals surface area (Å²) in [5.74, 6) is 2.21. The maximum Gasteiger partial charge on any atom is 0.317 e. The minimum Gasteiger partial charge on any atom is -0.493 e. The van der Waals surface area contributed by atoms with E-state index in [9.17, 15) is 9.59 Å². The fraction of sp³-hybridized carbons (Fsp3) is 0.556. The minimum absolute atomic E-state index is 0.0196. The number of carbonyl (C=O) groups excluding carboxylic acids is 2. The van der Waals surface area contributed by atoms with Crippen molar-refractivity contribution < 1.29 is 19.1 Å². The summed E-state index contributed by atoms with van der Waals surface area (Å²) in [7, 11) is 4.99. The summed E-state index contributed by atoms with van der Waals surface area (Å²) < 4.78 is 10.6. The molecule has 3 rings (SSSR count). The number of thioether (sulfide) groups is 1. The third-order valence-electron chi connectivity index (χ3n) is 6.61. The number of anilines is 1. The Hall–Kier alpha value is -2.92. The Morgan fingerprint density at radius 3 is 2.64 bits per heavy atom. The van der Waals surface area contributed by atoms with Gasteiger partial charge in [-0.25, -0.2) is 14.8 Å². The van der Waals surface area contributed by atoms with Crippen LogP contribution in [0.3, 0.4) is 0 Å². The van der Waals surface area contributed by atoms with E-state index in [4.69, 9.17) is 21.1 Å². The second-order valence-electron chi connectivity index (χ2n) is 9.45. The molecule has 1 aliphatic rings. The van der Waals surface area contributed by atoms with Gasteiger partial charge in [0.2, 0.25) is 5.91 Å². The number of carbonyl (C=O) groups is 2. The molecule has 1 N–H and O–H groups in total. The van der Waals surface area contributed by atoms with Crippen molar-refractivity contribution in [2.24, 2.45) is 0 Å². The topological polar surface area (TPSA) is 100 Å². The third kappa shape index (κ3) is 8.79. The lowest BCUT2D eigenvalue weighted by molar-refractivity contribution is -0.127. The van der Waals surface area contributed by atoms with Gasteiger partial charge in [0.1, 0.15) is 11.0 Å². The highest BCUT2D eigenvalue weighted by Gasteiger charge is 2.28. The Kier molecular flexibility index (Phi) is 11.8. The van der Waals surface area contributed by atoms with Crippen molar-refractivity contribution in [3.05, 3.63) is 35.0 Å². The zero-order chi connectivity index (χ0) is 28.4. The lowest BCUT2D eigenvalue weighted by Crippen LogP contribution is -2.56. The number of amides is 3. The summed E-state index contributed by atoms with van der Waals surface area (Å²) in [6, 6.07) is 7.48. The average Bonchev–Trinajstić information content (AvgIpc) is 2.94. The number of ether oxygens (including phenoxy) is 2. The molecule has 0 radical (unpaired) electrons. The molecule has 1 aromatic heterocycles. The first kappa shape index (κ1) is 30.6. The molecule has 214 valence electrons. The van der Waals surface area contributed by atoms with Crippen LogP contribution < -0.4 is 19.7 Å². The fourth-order valence-corrected chi connectivity index (χ4v) is 5.27. The van der Waals surface area contributed by atoms with Crippen LogP contribution in [-0.4, -0.2) is 97.5 Å². The molecule has 0 bridgehead atoms. The zero-order valence-electron chi connectivity index (χ0n) is 23.4. The van der Waals surface area contributed by atoms with E-state index in [1.807, 2.05) is 30.0 Å². The van der Waals surface area contributed by atoms with Crippen LogP contribution in [0.15, 0.2) is 29.4 Å². The monoisotopic (exact) mass is 578 g/mol. The van der Waals surface area contributed by atoms with Gasteiger partial charge in [0.25, 0.3) is 0 Å². The van der Waals surface area contributed by atoms with Crippen molar-refractivity contribution in [1.29, 1.82) is 0 Å². The normalized spacial score (nSPS) is 15.2. The van der Waals surface area contributed by atoms with E-state index >= 15 is 0 Å². The first-order chi connectivity index (χ1) is 18.7. The quantitative estimate of drug-likeness (QED) is 0.175. The Morgan fingerprint density at radius 1 is 1.18 bits per heavy atom. The fourth-order valence-electron chi connectivity index (χ4n) is 4.25. The predicted molar refractivity (Wildman–Crippen MR) is 155 cm³/mol. The molecule has 1 fully saturated rings. The molecule has 39 heavy (non-hydrogen) atoms. The minimum atomic E-state index is -0.0266. The molecule has 1 saturated heterocycles. The summed E-state index contributed by atoms with van der Waals surface area (Å²) in [5.41, 5.74) is 1.05. The van der Waals surface area contributed by atoms with Gasteiger partial charge < -0.3 is 29.5 Å². The number of hydrogen-bond acceptors (Lipinski definition) is 8. The number of nitrogens with zero attached hydrogens (tertiary/aromatic N) is 5. The van der Waals surface area contributed by atoms with Gasteiger partial charge in [-0.15, -0.1) is 0 Å². The number of rotatable bonds is 12. The van der Waals surface area contributed by atoms with Crippen LogP contribution in [0.2, 0.25) is 5.15 Å². The SMILES string of the molecule is CCCCNC(=O)N1CCN(c2cc(Cl)nc(SCC(=O)N(C)CCc3ccc(OC)c(OC)c3)n2)CC1C. The second kappa shape index (κ2) is 15.0. The Balaban J connectivity index is 1.52. The molecule has 0 saturated carbocycles. The number of benzene rings is 1.